The highest BCUT2D eigenvalue weighted by atomic mass is 13.9. The van der Waals surface area contributed by atoms with E-state index in [1.54, 1.807) is 0 Å². The highest BCUT2D eigenvalue weighted by Crippen LogP contribution is 2.00. The quantitative estimate of drug-likeness (QED) is 0.354. The molecule has 0 aliphatic rings. The standard InChI is InChI=1S/C7H16.C3H8.2C2H6.C2H4/c1-3-5-7-6-4-2;1-3-2;3*1-2/h3-7H2,1-2H3;3H2,1-2H3;2*1-2H3;1-2H2. The molecule has 0 saturated heterocycles. The minimum absolute atomic E-state index is 1.25. The van der Waals surface area contributed by atoms with Gasteiger partial charge in [0, 0.05) is 0 Å². The van der Waals surface area contributed by atoms with E-state index in [-0.39, 0.29) is 0 Å². The molecule has 0 aromatic heterocycles. The summed E-state index contributed by atoms with van der Waals surface area (Å²) in [7, 11) is 0. The first kappa shape index (κ1) is 29.6. The van der Waals surface area contributed by atoms with Gasteiger partial charge in [-0.3, -0.25) is 0 Å². The molecule has 0 bridgehead atoms. The SMILES string of the molecule is C=C.CC.CC.CCC.CCCCCCC. The number of hydrogen-bond acceptors (Lipinski definition) is 0. The molecule has 0 saturated carbocycles. The average molecular weight is 232 g/mol. The molecule has 0 amide bonds. The molecule has 0 radical (unpaired) electrons. The molecule has 0 N–H and O–H groups in total. The van der Waals surface area contributed by atoms with Crippen molar-refractivity contribution in [1.29, 1.82) is 0 Å². The highest BCUT2D eigenvalue weighted by Gasteiger charge is 1.80. The summed E-state index contributed by atoms with van der Waals surface area (Å²) in [5.41, 5.74) is 0. The van der Waals surface area contributed by atoms with Gasteiger partial charge < -0.3 is 0 Å². The summed E-state index contributed by atoms with van der Waals surface area (Å²) in [5.74, 6) is 0. The molecule has 0 unspecified atom stereocenters. The summed E-state index contributed by atoms with van der Waals surface area (Å²) in [6.45, 7) is 22.7. The van der Waals surface area contributed by atoms with Gasteiger partial charge in [-0.25, -0.2) is 0 Å². The molecule has 0 atom stereocenters. The van der Waals surface area contributed by atoms with Gasteiger partial charge in [-0.1, -0.05) is 93.9 Å². The third-order valence-corrected chi connectivity index (χ3v) is 1.21. The number of unbranched alkanes of at least 4 members (excludes halogenated alkanes) is 4. The van der Waals surface area contributed by atoms with E-state index in [0.717, 1.165) is 0 Å². The van der Waals surface area contributed by atoms with Crippen molar-refractivity contribution >= 4 is 0 Å². The Hall–Kier alpha value is -0.260. The van der Waals surface area contributed by atoms with Crippen LogP contribution in [-0.2, 0) is 0 Å². The van der Waals surface area contributed by atoms with Gasteiger partial charge in [-0.2, -0.15) is 0 Å². The normalized spacial score (nSPS) is 6.25. The van der Waals surface area contributed by atoms with Crippen molar-refractivity contribution in [1.82, 2.24) is 0 Å². The topological polar surface area (TPSA) is 0 Å². The summed E-state index contributed by atoms with van der Waals surface area (Å²) < 4.78 is 0. The second-order valence-corrected chi connectivity index (χ2v) is 2.77. The minimum atomic E-state index is 1.25. The Morgan fingerprint density at radius 1 is 0.562 bits per heavy atom. The fraction of sp³-hybridized carbons (Fsp3) is 0.875. The van der Waals surface area contributed by atoms with E-state index in [9.17, 15) is 0 Å². The first-order valence-electron chi connectivity index (χ1n) is 7.33. The third-order valence-electron chi connectivity index (χ3n) is 1.21. The molecule has 0 nitrogen and oxygen atoms in total. The molecule has 0 fully saturated rings. The Labute approximate surface area is 108 Å². The van der Waals surface area contributed by atoms with Crippen LogP contribution in [0.4, 0.5) is 0 Å². The van der Waals surface area contributed by atoms with Crippen LogP contribution < -0.4 is 0 Å². The summed E-state index contributed by atoms with van der Waals surface area (Å²) in [6, 6.07) is 0. The largest absolute Gasteiger partial charge is 0.106 e. The van der Waals surface area contributed by atoms with Crippen LogP contribution in [0.3, 0.4) is 0 Å². The van der Waals surface area contributed by atoms with Gasteiger partial charge in [0.15, 0.2) is 0 Å². The monoisotopic (exact) mass is 232 g/mol. The Morgan fingerprint density at radius 3 is 0.875 bits per heavy atom. The summed E-state index contributed by atoms with van der Waals surface area (Å²) in [4.78, 5) is 0. The van der Waals surface area contributed by atoms with Gasteiger partial charge in [-0.15, -0.1) is 13.2 Å². The van der Waals surface area contributed by atoms with E-state index in [0.29, 0.717) is 0 Å². The molecule has 0 heteroatoms. The van der Waals surface area contributed by atoms with Crippen LogP contribution in [-0.4, -0.2) is 0 Å². The van der Waals surface area contributed by atoms with Crippen molar-refractivity contribution in [2.75, 3.05) is 0 Å². The van der Waals surface area contributed by atoms with Crippen LogP contribution in [0.1, 0.15) is 93.9 Å². The molecule has 0 heterocycles. The first-order chi connectivity index (χ1) is 7.83. The fourth-order valence-electron chi connectivity index (χ4n) is 0.677. The predicted molar refractivity (Wildman–Crippen MR) is 84.3 cm³/mol. The lowest BCUT2D eigenvalue weighted by molar-refractivity contribution is 0.656. The van der Waals surface area contributed by atoms with Gasteiger partial charge in [0.05, 0.1) is 0 Å². The van der Waals surface area contributed by atoms with Gasteiger partial charge >= 0.3 is 0 Å². The molecule has 104 valence electrons. The molecule has 0 aliphatic carbocycles. The Bertz CT molecular complexity index is 35.3. The maximum Gasteiger partial charge on any atom is -0.0533 e. The predicted octanol–water partition coefficient (Wildman–Crippen LogP) is 7.25. The lowest BCUT2D eigenvalue weighted by Gasteiger charge is -1.90. The maximum absolute atomic E-state index is 3.00. The fourth-order valence-corrected chi connectivity index (χ4v) is 0.677. The first-order valence-corrected chi connectivity index (χ1v) is 7.33. The lowest BCUT2D eigenvalue weighted by Crippen LogP contribution is -1.70. The number of rotatable bonds is 4. The molecular weight excluding hydrogens is 192 g/mol. The summed E-state index contributed by atoms with van der Waals surface area (Å²) in [6.07, 6.45) is 8.26. The third kappa shape index (κ3) is 159. The summed E-state index contributed by atoms with van der Waals surface area (Å²) in [5, 5.41) is 0. The average Bonchev–Trinajstić information content (AvgIpc) is 2.38. The highest BCUT2D eigenvalue weighted by molar-refractivity contribution is 4.35. The zero-order chi connectivity index (χ0) is 14.2. The molecule has 0 spiro atoms. The van der Waals surface area contributed by atoms with Crippen molar-refractivity contribution in [3.8, 4) is 0 Å². The van der Waals surface area contributed by atoms with Gasteiger partial charge in [0.2, 0.25) is 0 Å². The Balaban J connectivity index is -0.0000000379. The maximum atomic E-state index is 3.00. The van der Waals surface area contributed by atoms with Crippen LogP contribution in [0, 0.1) is 0 Å². The van der Waals surface area contributed by atoms with Crippen molar-refractivity contribution in [3.63, 3.8) is 0 Å². The van der Waals surface area contributed by atoms with E-state index < -0.39 is 0 Å². The van der Waals surface area contributed by atoms with Crippen LogP contribution in [0.5, 0.6) is 0 Å². The summed E-state index contributed by atoms with van der Waals surface area (Å²) >= 11 is 0. The lowest BCUT2D eigenvalue weighted by atomic mass is 10.2. The molecular formula is C16H40. The minimum Gasteiger partial charge on any atom is -0.106 e. The second kappa shape index (κ2) is 84.5. The Kier molecular flexibility index (Phi) is 157. The van der Waals surface area contributed by atoms with E-state index in [4.69, 9.17) is 0 Å². The zero-order valence-corrected chi connectivity index (χ0v) is 13.7. The second-order valence-electron chi connectivity index (χ2n) is 2.77. The van der Waals surface area contributed by atoms with Crippen molar-refractivity contribution in [2.45, 2.75) is 93.9 Å². The van der Waals surface area contributed by atoms with E-state index in [2.05, 4.69) is 40.9 Å². The molecule has 16 heavy (non-hydrogen) atoms. The molecule has 0 aromatic carbocycles. The Morgan fingerprint density at radius 2 is 0.750 bits per heavy atom. The number of hydrogen-bond donors (Lipinski definition) is 0. The molecule has 0 rings (SSSR count). The smallest absolute Gasteiger partial charge is 0.0533 e. The van der Waals surface area contributed by atoms with E-state index >= 15 is 0 Å². The van der Waals surface area contributed by atoms with Gasteiger partial charge in [0.1, 0.15) is 0 Å². The van der Waals surface area contributed by atoms with Crippen LogP contribution in [0.25, 0.3) is 0 Å². The molecule has 0 aromatic rings. The van der Waals surface area contributed by atoms with Gasteiger partial charge in [0.25, 0.3) is 0 Å². The van der Waals surface area contributed by atoms with Crippen LogP contribution >= 0.6 is 0 Å². The van der Waals surface area contributed by atoms with Gasteiger partial charge in [-0.05, 0) is 0 Å². The van der Waals surface area contributed by atoms with Crippen molar-refractivity contribution < 1.29 is 0 Å². The van der Waals surface area contributed by atoms with Crippen molar-refractivity contribution in [3.05, 3.63) is 13.2 Å². The molecule has 0 aliphatic heterocycles. The van der Waals surface area contributed by atoms with Crippen molar-refractivity contribution in [2.24, 2.45) is 0 Å². The van der Waals surface area contributed by atoms with E-state index in [1.807, 2.05) is 27.7 Å². The zero-order valence-electron chi connectivity index (χ0n) is 13.7. The van der Waals surface area contributed by atoms with E-state index in [1.165, 1.54) is 38.5 Å². The van der Waals surface area contributed by atoms with Crippen LogP contribution in [0.2, 0.25) is 0 Å². The van der Waals surface area contributed by atoms with Crippen LogP contribution in [0.15, 0.2) is 13.2 Å².